The van der Waals surface area contributed by atoms with E-state index in [1.807, 2.05) is 27.7 Å². The average Bonchev–Trinajstić information content (AvgIpc) is 3.48. The zero-order valence-electron chi connectivity index (χ0n) is 24.4. The molecule has 7 rings (SSSR count). The van der Waals surface area contributed by atoms with E-state index in [2.05, 4.69) is 30.7 Å². The van der Waals surface area contributed by atoms with Crippen LogP contribution < -0.4 is 0 Å². The van der Waals surface area contributed by atoms with Crippen molar-refractivity contribution in [2.24, 2.45) is 0 Å². The summed E-state index contributed by atoms with van der Waals surface area (Å²) in [6.07, 6.45) is 8.08. The molecule has 6 aromatic rings. The highest BCUT2D eigenvalue weighted by Gasteiger charge is 2.23. The molecule has 6 nitrogen and oxygen atoms in total. The smallest absolute Gasteiger partial charge is 0.125 e. The predicted octanol–water partition coefficient (Wildman–Crippen LogP) is 8.28. The second kappa shape index (κ2) is 10.8. The average molecular weight is 555 g/mol. The molecular weight excluding hydrogens is 518 g/mol. The first-order valence-corrected chi connectivity index (χ1v) is 14.7. The molecule has 0 N–H and O–H groups in total. The van der Waals surface area contributed by atoms with Crippen LogP contribution in [-0.4, -0.2) is 28.7 Å². The summed E-state index contributed by atoms with van der Waals surface area (Å²) in [4.78, 5) is 18.7. The van der Waals surface area contributed by atoms with Gasteiger partial charge in [0.15, 0.2) is 0 Å². The largest absolute Gasteiger partial charge is 0.293 e. The maximum absolute atomic E-state index is 13.8. The molecule has 0 saturated heterocycles. The van der Waals surface area contributed by atoms with E-state index in [1.165, 1.54) is 50.3 Å². The summed E-state index contributed by atoms with van der Waals surface area (Å²) < 4.78 is 31.5. The Morgan fingerprint density at radius 3 is 1.78 bits per heavy atom. The molecule has 41 heavy (non-hydrogen) atoms. The van der Waals surface area contributed by atoms with Crippen molar-refractivity contribution in [1.29, 1.82) is 0 Å². The van der Waals surface area contributed by atoms with Crippen LogP contribution in [0.1, 0.15) is 85.8 Å². The van der Waals surface area contributed by atoms with E-state index in [0.717, 1.165) is 80.4 Å². The number of hydrogen-bond acceptors (Lipinski definition) is 4. The van der Waals surface area contributed by atoms with Crippen molar-refractivity contribution in [3.05, 3.63) is 82.5 Å². The van der Waals surface area contributed by atoms with E-state index < -0.39 is 0 Å². The van der Waals surface area contributed by atoms with Gasteiger partial charge in [0.05, 0.1) is 55.9 Å². The standard InChI is InChI=1S/C18H20FN3.C15H16FN3/c1-11-17-12(2)21-18(13-6-4-3-5-7-13)22(17)16-10-14(19)8-9-15(16)20-11;1-4-5-14-18-10(3)15-9(2)17-12-7-6-11(16)8-13(12)19(14)15/h8-10,13H,3-7H2,1-2H3;6-8H,4-5H2,1-3H3. The van der Waals surface area contributed by atoms with Gasteiger partial charge in [-0.2, -0.15) is 0 Å². The SMILES string of the molecule is CCCc1nc(C)c2c(C)nc3ccc(F)cc3n12.Cc1nc(C2CCCCC2)n2c1c(C)nc1ccc(F)cc12. The lowest BCUT2D eigenvalue weighted by Gasteiger charge is -2.21. The first-order chi connectivity index (χ1) is 19.8. The number of hydrogen-bond donors (Lipinski definition) is 0. The topological polar surface area (TPSA) is 60.4 Å². The first kappa shape index (κ1) is 27.2. The number of aromatic nitrogens is 6. The van der Waals surface area contributed by atoms with Gasteiger partial charge in [-0.25, -0.2) is 28.7 Å². The minimum Gasteiger partial charge on any atom is -0.293 e. The van der Waals surface area contributed by atoms with Gasteiger partial charge in [0.2, 0.25) is 0 Å². The van der Waals surface area contributed by atoms with E-state index in [9.17, 15) is 8.78 Å². The number of rotatable bonds is 3. The zero-order chi connectivity index (χ0) is 28.8. The quantitative estimate of drug-likeness (QED) is 0.221. The van der Waals surface area contributed by atoms with Crippen molar-refractivity contribution in [3.63, 3.8) is 0 Å². The second-order valence-corrected chi connectivity index (χ2v) is 11.3. The molecule has 1 saturated carbocycles. The van der Waals surface area contributed by atoms with E-state index in [-0.39, 0.29) is 11.6 Å². The number of aryl methyl sites for hydroxylation is 5. The zero-order valence-corrected chi connectivity index (χ0v) is 24.4. The van der Waals surface area contributed by atoms with E-state index >= 15 is 0 Å². The lowest BCUT2D eigenvalue weighted by atomic mass is 9.88. The van der Waals surface area contributed by atoms with Gasteiger partial charge in [-0.1, -0.05) is 26.2 Å². The summed E-state index contributed by atoms with van der Waals surface area (Å²) in [6, 6.07) is 9.53. The lowest BCUT2D eigenvalue weighted by molar-refractivity contribution is 0.428. The van der Waals surface area contributed by atoms with Crippen molar-refractivity contribution in [2.45, 2.75) is 85.5 Å². The van der Waals surface area contributed by atoms with Gasteiger partial charge in [0.1, 0.15) is 23.3 Å². The fraction of sp³-hybridized carbons (Fsp3) is 0.394. The molecule has 0 atom stereocenters. The normalized spacial score (nSPS) is 14.3. The monoisotopic (exact) mass is 554 g/mol. The Morgan fingerprint density at radius 1 is 0.683 bits per heavy atom. The number of benzene rings is 2. The summed E-state index contributed by atoms with van der Waals surface area (Å²) in [5.41, 5.74) is 9.17. The molecular formula is C33H36F2N6. The van der Waals surface area contributed by atoms with Crippen LogP contribution in [0.15, 0.2) is 36.4 Å². The van der Waals surface area contributed by atoms with Crippen molar-refractivity contribution < 1.29 is 8.78 Å². The van der Waals surface area contributed by atoms with Gasteiger partial charge in [0.25, 0.3) is 0 Å². The molecule has 0 aliphatic heterocycles. The Bertz CT molecular complexity index is 1910. The molecule has 1 aliphatic carbocycles. The third-order valence-electron chi connectivity index (χ3n) is 8.26. The molecule has 0 bridgehead atoms. The van der Waals surface area contributed by atoms with Crippen LogP contribution in [0.2, 0.25) is 0 Å². The summed E-state index contributed by atoms with van der Waals surface area (Å²) in [5.74, 6) is 2.08. The Kier molecular flexibility index (Phi) is 7.18. The van der Waals surface area contributed by atoms with Gasteiger partial charge in [-0.3, -0.25) is 8.80 Å². The molecule has 2 aromatic carbocycles. The van der Waals surface area contributed by atoms with Crippen LogP contribution in [0.3, 0.4) is 0 Å². The Labute approximate surface area is 238 Å². The van der Waals surface area contributed by atoms with Gasteiger partial charge in [-0.05, 0) is 71.2 Å². The van der Waals surface area contributed by atoms with Gasteiger partial charge < -0.3 is 0 Å². The van der Waals surface area contributed by atoms with E-state index in [1.54, 1.807) is 18.2 Å². The summed E-state index contributed by atoms with van der Waals surface area (Å²) in [7, 11) is 0. The second-order valence-electron chi connectivity index (χ2n) is 11.3. The maximum atomic E-state index is 13.8. The summed E-state index contributed by atoms with van der Waals surface area (Å²) in [5, 5.41) is 0. The Hall–Kier alpha value is -3.94. The molecule has 212 valence electrons. The van der Waals surface area contributed by atoms with Gasteiger partial charge in [-0.15, -0.1) is 0 Å². The van der Waals surface area contributed by atoms with Crippen LogP contribution in [0.4, 0.5) is 8.78 Å². The number of halogens is 2. The number of nitrogens with zero attached hydrogens (tertiary/aromatic N) is 6. The third-order valence-corrected chi connectivity index (χ3v) is 8.26. The molecule has 8 heteroatoms. The molecule has 1 fully saturated rings. The summed E-state index contributed by atoms with van der Waals surface area (Å²) in [6.45, 7) is 10.1. The van der Waals surface area contributed by atoms with E-state index in [4.69, 9.17) is 4.98 Å². The van der Waals surface area contributed by atoms with Crippen molar-refractivity contribution in [2.75, 3.05) is 0 Å². The molecule has 0 spiro atoms. The van der Waals surface area contributed by atoms with Crippen LogP contribution in [0.5, 0.6) is 0 Å². The molecule has 0 radical (unpaired) electrons. The van der Waals surface area contributed by atoms with Crippen LogP contribution >= 0.6 is 0 Å². The predicted molar refractivity (Wildman–Crippen MR) is 160 cm³/mol. The summed E-state index contributed by atoms with van der Waals surface area (Å²) >= 11 is 0. The number of fused-ring (bicyclic) bond motifs is 6. The van der Waals surface area contributed by atoms with Gasteiger partial charge >= 0.3 is 0 Å². The lowest BCUT2D eigenvalue weighted by Crippen LogP contribution is -2.09. The van der Waals surface area contributed by atoms with Crippen molar-refractivity contribution in [1.82, 2.24) is 28.7 Å². The van der Waals surface area contributed by atoms with Gasteiger partial charge in [0, 0.05) is 24.5 Å². The highest BCUT2D eigenvalue weighted by atomic mass is 19.1. The molecule has 4 aromatic heterocycles. The van der Waals surface area contributed by atoms with Crippen molar-refractivity contribution in [3.8, 4) is 0 Å². The highest BCUT2D eigenvalue weighted by Crippen LogP contribution is 2.35. The fourth-order valence-corrected chi connectivity index (χ4v) is 6.52. The van der Waals surface area contributed by atoms with Crippen LogP contribution in [0, 0.1) is 39.3 Å². The minimum atomic E-state index is -0.242. The van der Waals surface area contributed by atoms with Crippen LogP contribution in [0.25, 0.3) is 33.1 Å². The molecule has 0 amide bonds. The molecule has 1 aliphatic rings. The van der Waals surface area contributed by atoms with Crippen LogP contribution in [-0.2, 0) is 6.42 Å². The molecule has 0 unspecified atom stereocenters. The minimum absolute atomic E-state index is 0.222. The molecule has 4 heterocycles. The van der Waals surface area contributed by atoms with Crippen molar-refractivity contribution >= 4 is 33.1 Å². The number of imidazole rings is 2. The Balaban J connectivity index is 0.000000149. The maximum Gasteiger partial charge on any atom is 0.125 e. The Morgan fingerprint density at radius 2 is 1.20 bits per heavy atom. The van der Waals surface area contributed by atoms with E-state index in [0.29, 0.717) is 5.92 Å². The first-order valence-electron chi connectivity index (χ1n) is 14.7. The highest BCUT2D eigenvalue weighted by molar-refractivity contribution is 5.81. The third kappa shape index (κ3) is 4.83. The fourth-order valence-electron chi connectivity index (χ4n) is 6.52.